The van der Waals surface area contributed by atoms with Crippen LogP contribution in [0.5, 0.6) is 11.5 Å². The lowest BCUT2D eigenvalue weighted by Gasteiger charge is -2.24. The summed E-state index contributed by atoms with van der Waals surface area (Å²) < 4.78 is 11.7. The second-order valence-electron chi connectivity index (χ2n) is 5.78. The monoisotopic (exact) mass is 400 g/mol. The molecule has 2 rings (SSSR count). The first-order valence-electron chi connectivity index (χ1n) is 8.08. The van der Waals surface area contributed by atoms with E-state index < -0.39 is 0 Å². The molecule has 128 valence electrons. The SMILES string of the molecule is COc1cc(Br)c(CCNC(=S)NC2CCCCC2)cc1OC. The molecule has 1 fully saturated rings. The number of hydrogen-bond acceptors (Lipinski definition) is 3. The maximum absolute atomic E-state index is 5.39. The average Bonchev–Trinajstić information content (AvgIpc) is 2.56. The number of rotatable bonds is 6. The van der Waals surface area contributed by atoms with Crippen molar-refractivity contribution in [3.8, 4) is 11.5 Å². The van der Waals surface area contributed by atoms with Crippen LogP contribution in [0.3, 0.4) is 0 Å². The van der Waals surface area contributed by atoms with Crippen LogP contribution in [0.25, 0.3) is 0 Å². The zero-order valence-electron chi connectivity index (χ0n) is 13.8. The Kier molecular flexibility index (Phi) is 7.43. The molecular formula is C17H25BrN2O2S. The Morgan fingerprint density at radius 2 is 1.83 bits per heavy atom. The zero-order valence-corrected chi connectivity index (χ0v) is 16.2. The molecule has 0 unspecified atom stereocenters. The summed E-state index contributed by atoms with van der Waals surface area (Å²) in [6.07, 6.45) is 7.27. The minimum absolute atomic E-state index is 0.538. The van der Waals surface area contributed by atoms with Crippen LogP contribution in [0, 0.1) is 0 Å². The van der Waals surface area contributed by atoms with Crippen LogP contribution < -0.4 is 20.1 Å². The predicted octanol–water partition coefficient (Wildman–Crippen LogP) is 3.81. The van der Waals surface area contributed by atoms with Gasteiger partial charge in [-0.1, -0.05) is 35.2 Å². The van der Waals surface area contributed by atoms with Crippen LogP contribution in [0.1, 0.15) is 37.7 Å². The summed E-state index contributed by atoms with van der Waals surface area (Å²) in [4.78, 5) is 0. The van der Waals surface area contributed by atoms with Gasteiger partial charge in [-0.2, -0.15) is 0 Å². The molecule has 2 N–H and O–H groups in total. The summed E-state index contributed by atoms with van der Waals surface area (Å²) >= 11 is 8.98. The lowest BCUT2D eigenvalue weighted by atomic mass is 9.96. The summed E-state index contributed by atoms with van der Waals surface area (Å²) in [5.41, 5.74) is 1.16. The number of thiocarbonyl (C=S) groups is 1. The van der Waals surface area contributed by atoms with E-state index >= 15 is 0 Å². The molecule has 1 aromatic carbocycles. The Balaban J connectivity index is 1.82. The molecule has 1 aromatic rings. The zero-order chi connectivity index (χ0) is 16.7. The first kappa shape index (κ1) is 18.3. The van der Waals surface area contributed by atoms with Gasteiger partial charge in [-0.25, -0.2) is 0 Å². The maximum atomic E-state index is 5.39. The second-order valence-corrected chi connectivity index (χ2v) is 7.05. The van der Waals surface area contributed by atoms with Gasteiger partial charge < -0.3 is 20.1 Å². The molecule has 0 saturated heterocycles. The Morgan fingerprint density at radius 1 is 1.17 bits per heavy atom. The van der Waals surface area contributed by atoms with Crippen molar-refractivity contribution >= 4 is 33.3 Å². The second kappa shape index (κ2) is 9.33. The molecule has 1 aliphatic carbocycles. The Bertz CT molecular complexity index is 534. The van der Waals surface area contributed by atoms with Gasteiger partial charge in [0, 0.05) is 17.1 Å². The summed E-state index contributed by atoms with van der Waals surface area (Å²) in [6.45, 7) is 0.784. The van der Waals surface area contributed by atoms with Gasteiger partial charge in [0.15, 0.2) is 16.6 Å². The highest BCUT2D eigenvalue weighted by Crippen LogP contribution is 2.33. The fraction of sp³-hybridized carbons (Fsp3) is 0.588. The van der Waals surface area contributed by atoms with Crippen molar-refractivity contribution in [3.05, 3.63) is 22.2 Å². The largest absolute Gasteiger partial charge is 0.493 e. The highest BCUT2D eigenvalue weighted by atomic mass is 79.9. The van der Waals surface area contributed by atoms with Gasteiger partial charge in [-0.15, -0.1) is 0 Å². The van der Waals surface area contributed by atoms with Gasteiger partial charge in [-0.3, -0.25) is 0 Å². The standard InChI is InChI=1S/C17H25BrN2O2S/c1-21-15-10-12(14(18)11-16(15)22-2)8-9-19-17(23)20-13-6-4-3-5-7-13/h10-11,13H,3-9H2,1-2H3,(H2,19,20,23). The molecule has 0 amide bonds. The minimum atomic E-state index is 0.538. The van der Waals surface area contributed by atoms with E-state index in [1.165, 1.54) is 32.1 Å². The molecule has 1 aliphatic rings. The topological polar surface area (TPSA) is 42.5 Å². The molecule has 6 heteroatoms. The van der Waals surface area contributed by atoms with Crippen LogP contribution in [0.2, 0.25) is 0 Å². The number of methoxy groups -OCH3 is 2. The first-order chi connectivity index (χ1) is 11.1. The predicted molar refractivity (Wildman–Crippen MR) is 102 cm³/mol. The highest BCUT2D eigenvalue weighted by molar-refractivity contribution is 9.10. The van der Waals surface area contributed by atoms with Crippen molar-refractivity contribution in [1.82, 2.24) is 10.6 Å². The van der Waals surface area contributed by atoms with Crippen LogP contribution in [-0.2, 0) is 6.42 Å². The number of nitrogens with one attached hydrogen (secondary N) is 2. The Labute approximate surface area is 152 Å². The molecule has 0 bridgehead atoms. The molecule has 0 radical (unpaired) electrons. The summed E-state index contributed by atoms with van der Waals surface area (Å²) in [7, 11) is 3.29. The number of hydrogen-bond donors (Lipinski definition) is 2. The van der Waals surface area contributed by atoms with Crippen molar-refractivity contribution in [3.63, 3.8) is 0 Å². The molecular weight excluding hydrogens is 376 g/mol. The van der Waals surface area contributed by atoms with Crippen molar-refractivity contribution in [2.75, 3.05) is 20.8 Å². The van der Waals surface area contributed by atoms with Gasteiger partial charge >= 0.3 is 0 Å². The van der Waals surface area contributed by atoms with Gasteiger partial charge in [0.2, 0.25) is 0 Å². The molecule has 0 aliphatic heterocycles. The van der Waals surface area contributed by atoms with E-state index in [2.05, 4.69) is 26.6 Å². The smallest absolute Gasteiger partial charge is 0.166 e. The molecule has 0 spiro atoms. The van der Waals surface area contributed by atoms with Gasteiger partial charge in [0.25, 0.3) is 0 Å². The fourth-order valence-corrected chi connectivity index (χ4v) is 3.67. The maximum Gasteiger partial charge on any atom is 0.166 e. The van der Waals surface area contributed by atoms with Crippen LogP contribution in [-0.4, -0.2) is 31.9 Å². The molecule has 23 heavy (non-hydrogen) atoms. The molecule has 0 aromatic heterocycles. The average molecular weight is 401 g/mol. The van der Waals surface area contributed by atoms with Crippen molar-refractivity contribution in [2.45, 2.75) is 44.6 Å². The molecule has 0 atom stereocenters. The first-order valence-corrected chi connectivity index (χ1v) is 9.29. The lowest BCUT2D eigenvalue weighted by molar-refractivity contribution is 0.354. The van der Waals surface area contributed by atoms with Crippen LogP contribution >= 0.6 is 28.1 Å². The highest BCUT2D eigenvalue weighted by Gasteiger charge is 2.14. The van der Waals surface area contributed by atoms with Crippen LogP contribution in [0.15, 0.2) is 16.6 Å². The van der Waals surface area contributed by atoms with E-state index in [9.17, 15) is 0 Å². The van der Waals surface area contributed by atoms with Gasteiger partial charge in [0.05, 0.1) is 14.2 Å². The third kappa shape index (κ3) is 5.53. The third-order valence-electron chi connectivity index (χ3n) is 4.17. The number of halogens is 1. The van der Waals surface area contributed by atoms with E-state index in [0.29, 0.717) is 6.04 Å². The van der Waals surface area contributed by atoms with E-state index in [4.69, 9.17) is 21.7 Å². The lowest BCUT2D eigenvalue weighted by Crippen LogP contribution is -2.43. The number of benzene rings is 1. The normalized spacial score (nSPS) is 15.1. The van der Waals surface area contributed by atoms with Crippen molar-refractivity contribution < 1.29 is 9.47 Å². The summed E-state index contributed by atoms with van der Waals surface area (Å²) in [5.74, 6) is 1.47. The fourth-order valence-electron chi connectivity index (χ4n) is 2.88. The Hall–Kier alpha value is -1.01. The van der Waals surface area contributed by atoms with Crippen molar-refractivity contribution in [2.24, 2.45) is 0 Å². The van der Waals surface area contributed by atoms with E-state index in [1.807, 2.05) is 12.1 Å². The van der Waals surface area contributed by atoms with E-state index in [-0.39, 0.29) is 0 Å². The molecule has 4 nitrogen and oxygen atoms in total. The van der Waals surface area contributed by atoms with Crippen LogP contribution in [0.4, 0.5) is 0 Å². The molecule has 0 heterocycles. The quantitative estimate of drug-likeness (QED) is 0.710. The summed E-state index contributed by atoms with van der Waals surface area (Å²) in [6, 6.07) is 4.48. The third-order valence-corrected chi connectivity index (χ3v) is 5.17. The van der Waals surface area contributed by atoms with E-state index in [1.54, 1.807) is 14.2 Å². The Morgan fingerprint density at radius 3 is 2.48 bits per heavy atom. The summed E-state index contributed by atoms with van der Waals surface area (Å²) in [5, 5.41) is 7.48. The van der Waals surface area contributed by atoms with Crippen molar-refractivity contribution in [1.29, 1.82) is 0 Å². The molecule has 1 saturated carbocycles. The minimum Gasteiger partial charge on any atom is -0.493 e. The van der Waals surface area contributed by atoms with E-state index in [0.717, 1.165) is 39.6 Å². The number of ether oxygens (including phenoxy) is 2. The van der Waals surface area contributed by atoms with Gasteiger partial charge in [-0.05, 0) is 49.2 Å². The van der Waals surface area contributed by atoms with Gasteiger partial charge in [0.1, 0.15) is 0 Å².